The quantitative estimate of drug-likeness (QED) is 0.331. The molecule has 0 radical (unpaired) electrons. The number of fused-ring (bicyclic) bond motifs is 1. The van der Waals surface area contributed by atoms with Crippen molar-refractivity contribution in [2.45, 2.75) is 53.5 Å². The van der Waals surface area contributed by atoms with E-state index < -0.39 is 6.04 Å². The van der Waals surface area contributed by atoms with E-state index in [0.717, 1.165) is 22.5 Å². The van der Waals surface area contributed by atoms with Crippen molar-refractivity contribution in [1.82, 2.24) is 14.5 Å². The first-order valence-electron chi connectivity index (χ1n) is 12.5. The normalized spacial score (nSPS) is 12.1. The van der Waals surface area contributed by atoms with E-state index in [2.05, 4.69) is 25.2 Å². The molecule has 36 heavy (non-hydrogen) atoms. The zero-order valence-corrected chi connectivity index (χ0v) is 21.9. The van der Waals surface area contributed by atoms with Gasteiger partial charge in [-0.25, -0.2) is 9.78 Å². The van der Waals surface area contributed by atoms with E-state index in [1.807, 2.05) is 82.3 Å². The Morgan fingerprint density at radius 2 is 1.69 bits per heavy atom. The van der Waals surface area contributed by atoms with E-state index in [-0.39, 0.29) is 11.6 Å². The van der Waals surface area contributed by atoms with Crippen molar-refractivity contribution in [2.24, 2.45) is 0 Å². The number of amides is 2. The van der Waals surface area contributed by atoms with Gasteiger partial charge in [0, 0.05) is 12.2 Å². The molecule has 1 atom stereocenters. The summed E-state index contributed by atoms with van der Waals surface area (Å²) in [6.07, 6.45) is 0. The fourth-order valence-corrected chi connectivity index (χ4v) is 4.60. The number of nitrogens with zero attached hydrogens (tertiary/aromatic N) is 3. The summed E-state index contributed by atoms with van der Waals surface area (Å²) in [4.78, 5) is 33.7. The molecule has 0 aliphatic rings. The Morgan fingerprint density at radius 3 is 2.33 bits per heavy atom. The Kier molecular flexibility index (Phi) is 7.25. The van der Waals surface area contributed by atoms with Gasteiger partial charge in [-0.1, -0.05) is 55.8 Å². The van der Waals surface area contributed by atoms with Crippen LogP contribution < -0.4 is 10.9 Å². The molecule has 6 heteroatoms. The predicted octanol–water partition coefficient (Wildman–Crippen LogP) is 6.74. The lowest BCUT2D eigenvalue weighted by Gasteiger charge is -2.30. The molecule has 0 aliphatic carbocycles. The van der Waals surface area contributed by atoms with Crippen LogP contribution in [0.1, 0.15) is 62.2 Å². The number of hydrogen-bond acceptors (Lipinski definition) is 3. The van der Waals surface area contributed by atoms with E-state index in [9.17, 15) is 9.59 Å². The lowest BCUT2D eigenvalue weighted by Crippen LogP contribution is -2.39. The molecule has 4 aromatic rings. The standard InChI is InChI=1S/C30H34N4O2/c1-7-33(30(36)31-24-15-13-23(14-16-24)19(2)3)22(6)28-32-26-11-9-8-10-25(26)29(35)34(28)27-17-12-20(4)18-21(27)5/h8-19,22H,7H2,1-6H3,(H,31,36). The van der Waals surface area contributed by atoms with Crippen LogP contribution in [0.4, 0.5) is 10.5 Å². The molecule has 3 aromatic carbocycles. The van der Waals surface area contributed by atoms with Crippen LogP contribution in [-0.4, -0.2) is 27.0 Å². The van der Waals surface area contributed by atoms with Crippen LogP contribution in [-0.2, 0) is 0 Å². The number of carbonyl (C=O) groups is 1. The highest BCUT2D eigenvalue weighted by atomic mass is 16.2. The van der Waals surface area contributed by atoms with E-state index in [1.165, 1.54) is 5.56 Å². The van der Waals surface area contributed by atoms with Crippen molar-refractivity contribution in [1.29, 1.82) is 0 Å². The monoisotopic (exact) mass is 482 g/mol. The maximum atomic E-state index is 13.8. The Labute approximate surface area is 212 Å². The van der Waals surface area contributed by atoms with Gasteiger partial charge in [-0.2, -0.15) is 0 Å². The molecule has 0 bridgehead atoms. The molecule has 0 saturated carbocycles. The number of hydrogen-bond donors (Lipinski definition) is 1. The van der Waals surface area contributed by atoms with Gasteiger partial charge in [0.2, 0.25) is 0 Å². The average molecular weight is 483 g/mol. The summed E-state index contributed by atoms with van der Waals surface area (Å²) in [5.41, 5.74) is 5.28. The molecule has 1 aromatic heterocycles. The Hall–Kier alpha value is -3.93. The number of nitrogens with one attached hydrogen (secondary N) is 1. The average Bonchev–Trinajstić information content (AvgIpc) is 2.85. The third kappa shape index (κ3) is 4.89. The maximum Gasteiger partial charge on any atom is 0.322 e. The first kappa shape index (κ1) is 25.2. The number of para-hydroxylation sites is 1. The molecule has 1 N–H and O–H groups in total. The van der Waals surface area contributed by atoms with Crippen LogP contribution in [0.5, 0.6) is 0 Å². The maximum absolute atomic E-state index is 13.8. The molecular formula is C30H34N4O2. The zero-order chi connectivity index (χ0) is 26.0. The van der Waals surface area contributed by atoms with Crippen molar-refractivity contribution in [3.63, 3.8) is 0 Å². The highest BCUT2D eigenvalue weighted by molar-refractivity contribution is 5.89. The molecule has 186 valence electrons. The van der Waals surface area contributed by atoms with Crippen molar-refractivity contribution in [3.8, 4) is 5.69 Å². The summed E-state index contributed by atoms with van der Waals surface area (Å²) < 4.78 is 1.66. The number of benzene rings is 3. The molecule has 2 amide bonds. The zero-order valence-electron chi connectivity index (χ0n) is 21.9. The fourth-order valence-electron chi connectivity index (χ4n) is 4.60. The molecule has 6 nitrogen and oxygen atoms in total. The van der Waals surface area contributed by atoms with Gasteiger partial charge >= 0.3 is 6.03 Å². The van der Waals surface area contributed by atoms with Crippen LogP contribution in [0.25, 0.3) is 16.6 Å². The largest absolute Gasteiger partial charge is 0.322 e. The SMILES string of the molecule is CCN(C(=O)Nc1ccc(C(C)C)cc1)C(C)c1nc2ccccc2c(=O)n1-c1ccc(C)cc1C. The smallest absolute Gasteiger partial charge is 0.315 e. The summed E-state index contributed by atoms with van der Waals surface area (Å²) in [5, 5.41) is 3.56. The summed E-state index contributed by atoms with van der Waals surface area (Å²) in [6.45, 7) is 12.6. The van der Waals surface area contributed by atoms with Gasteiger partial charge in [-0.05, 0) is 75.1 Å². The topological polar surface area (TPSA) is 67.2 Å². The van der Waals surface area contributed by atoms with Gasteiger partial charge < -0.3 is 10.2 Å². The second-order valence-electron chi connectivity index (χ2n) is 9.59. The molecule has 0 aliphatic heterocycles. The number of rotatable bonds is 6. The van der Waals surface area contributed by atoms with E-state index in [1.54, 1.807) is 15.5 Å². The lowest BCUT2D eigenvalue weighted by molar-refractivity contribution is 0.193. The van der Waals surface area contributed by atoms with Crippen molar-refractivity contribution in [2.75, 3.05) is 11.9 Å². The van der Waals surface area contributed by atoms with Crippen LogP contribution >= 0.6 is 0 Å². The highest BCUT2D eigenvalue weighted by Gasteiger charge is 2.26. The Balaban J connectivity index is 1.78. The molecule has 0 fully saturated rings. The third-order valence-corrected chi connectivity index (χ3v) is 6.67. The predicted molar refractivity (Wildman–Crippen MR) is 147 cm³/mol. The van der Waals surface area contributed by atoms with E-state index >= 15 is 0 Å². The molecule has 1 unspecified atom stereocenters. The lowest BCUT2D eigenvalue weighted by atomic mass is 10.0. The highest BCUT2D eigenvalue weighted by Crippen LogP contribution is 2.26. The first-order chi connectivity index (χ1) is 17.2. The minimum absolute atomic E-state index is 0.143. The van der Waals surface area contributed by atoms with Crippen LogP contribution in [0.2, 0.25) is 0 Å². The van der Waals surface area contributed by atoms with Crippen molar-refractivity contribution < 1.29 is 4.79 Å². The molecular weight excluding hydrogens is 448 g/mol. The number of anilines is 1. The van der Waals surface area contributed by atoms with Crippen LogP contribution in [0, 0.1) is 13.8 Å². The minimum atomic E-state index is -0.456. The third-order valence-electron chi connectivity index (χ3n) is 6.67. The number of carbonyl (C=O) groups excluding carboxylic acids is 1. The van der Waals surface area contributed by atoms with E-state index in [4.69, 9.17) is 4.98 Å². The second kappa shape index (κ2) is 10.4. The Bertz CT molecular complexity index is 1450. The first-order valence-corrected chi connectivity index (χ1v) is 12.5. The van der Waals surface area contributed by atoms with E-state index in [0.29, 0.717) is 29.2 Å². The van der Waals surface area contributed by atoms with Gasteiger partial charge in [0.25, 0.3) is 5.56 Å². The summed E-state index contributed by atoms with van der Waals surface area (Å²) in [6, 6.07) is 20.6. The second-order valence-corrected chi connectivity index (χ2v) is 9.59. The van der Waals surface area contributed by atoms with Gasteiger partial charge in [0.05, 0.1) is 22.6 Å². The molecule has 4 rings (SSSR count). The summed E-state index contributed by atoms with van der Waals surface area (Å²) in [7, 11) is 0. The van der Waals surface area contributed by atoms with Gasteiger partial charge in [0.1, 0.15) is 5.82 Å². The molecule has 1 heterocycles. The van der Waals surface area contributed by atoms with Crippen molar-refractivity contribution in [3.05, 3.63) is 99.6 Å². The van der Waals surface area contributed by atoms with Gasteiger partial charge in [-0.3, -0.25) is 9.36 Å². The van der Waals surface area contributed by atoms with Gasteiger partial charge in [0.15, 0.2) is 0 Å². The Morgan fingerprint density at radius 1 is 1.00 bits per heavy atom. The fraction of sp³-hybridized carbons (Fsp3) is 0.300. The summed E-state index contributed by atoms with van der Waals surface area (Å²) in [5.74, 6) is 0.945. The summed E-state index contributed by atoms with van der Waals surface area (Å²) >= 11 is 0. The molecule has 0 spiro atoms. The van der Waals surface area contributed by atoms with Crippen LogP contribution in [0.3, 0.4) is 0 Å². The van der Waals surface area contributed by atoms with Crippen molar-refractivity contribution >= 4 is 22.6 Å². The molecule has 0 saturated heterocycles. The minimum Gasteiger partial charge on any atom is -0.315 e. The van der Waals surface area contributed by atoms with Crippen LogP contribution in [0.15, 0.2) is 71.5 Å². The number of urea groups is 1. The number of aryl methyl sites for hydroxylation is 2. The van der Waals surface area contributed by atoms with Gasteiger partial charge in [-0.15, -0.1) is 0 Å². The number of aromatic nitrogens is 2.